The molecule has 0 bridgehead atoms. The van der Waals surface area contributed by atoms with Gasteiger partial charge in [-0.15, -0.1) is 0 Å². The maximum Gasteiger partial charge on any atom is 0.0703 e. The van der Waals surface area contributed by atoms with Gasteiger partial charge in [0.1, 0.15) is 0 Å². The molecule has 1 saturated heterocycles. The van der Waals surface area contributed by atoms with Crippen molar-refractivity contribution < 1.29 is 4.74 Å². The molecule has 2 rings (SSSR count). The third kappa shape index (κ3) is 2.32. The van der Waals surface area contributed by atoms with Crippen LogP contribution in [-0.4, -0.2) is 30.5 Å². The van der Waals surface area contributed by atoms with Gasteiger partial charge >= 0.3 is 0 Å². The van der Waals surface area contributed by atoms with Crippen molar-refractivity contribution in [3.63, 3.8) is 0 Å². The van der Waals surface area contributed by atoms with E-state index in [0.717, 1.165) is 25.3 Å². The van der Waals surface area contributed by atoms with Crippen molar-refractivity contribution in [2.75, 3.05) is 13.2 Å². The molecule has 1 aliphatic rings. The molecule has 4 nitrogen and oxygen atoms in total. The number of hydrogen-bond acceptors (Lipinski definition) is 3. The van der Waals surface area contributed by atoms with Gasteiger partial charge in [-0.05, 0) is 18.6 Å². The largest absolute Gasteiger partial charge is 0.379 e. The maximum atomic E-state index is 5.20. The Morgan fingerprint density at radius 2 is 2.69 bits per heavy atom. The van der Waals surface area contributed by atoms with Crippen LogP contribution in [0, 0.1) is 0 Å². The van der Waals surface area contributed by atoms with Crippen LogP contribution < -0.4 is 5.43 Å². The molecule has 1 aromatic heterocycles. The van der Waals surface area contributed by atoms with E-state index in [1.807, 2.05) is 18.3 Å². The summed E-state index contributed by atoms with van der Waals surface area (Å²) < 4.78 is 5.20. The highest BCUT2D eigenvalue weighted by Gasteiger charge is 2.13. The number of aromatic nitrogens is 1. The number of ether oxygens (including phenoxy) is 1. The zero-order chi connectivity index (χ0) is 8.93. The molecule has 0 radical (unpaired) electrons. The predicted octanol–water partition coefficient (Wildman–Crippen LogP) is 0.727. The third-order valence-corrected chi connectivity index (χ3v) is 2.01. The molecule has 0 aromatic carbocycles. The SMILES string of the molecule is C(=N\NC1CCOC1)/c1ccc[nH]1. The molecule has 1 aliphatic heterocycles. The van der Waals surface area contributed by atoms with Crippen LogP contribution in [0.5, 0.6) is 0 Å². The van der Waals surface area contributed by atoms with E-state index < -0.39 is 0 Å². The Hall–Kier alpha value is -1.29. The summed E-state index contributed by atoms with van der Waals surface area (Å²) in [7, 11) is 0. The van der Waals surface area contributed by atoms with E-state index in [2.05, 4.69) is 15.5 Å². The first-order chi connectivity index (χ1) is 6.45. The van der Waals surface area contributed by atoms with Crippen LogP contribution in [0.2, 0.25) is 0 Å². The van der Waals surface area contributed by atoms with E-state index in [-0.39, 0.29) is 0 Å². The first-order valence-corrected chi connectivity index (χ1v) is 4.45. The van der Waals surface area contributed by atoms with Crippen molar-refractivity contribution in [3.05, 3.63) is 24.0 Å². The predicted molar refractivity (Wildman–Crippen MR) is 50.7 cm³/mol. The zero-order valence-corrected chi connectivity index (χ0v) is 7.36. The molecule has 1 aromatic rings. The number of H-pyrrole nitrogens is 1. The number of nitrogens with one attached hydrogen (secondary N) is 2. The van der Waals surface area contributed by atoms with Crippen LogP contribution in [0.4, 0.5) is 0 Å². The van der Waals surface area contributed by atoms with Crippen LogP contribution in [0.15, 0.2) is 23.4 Å². The maximum absolute atomic E-state index is 5.20. The normalized spacial score (nSPS) is 22.6. The number of aromatic amines is 1. The average Bonchev–Trinajstić information content (AvgIpc) is 2.75. The number of hydrogen-bond donors (Lipinski definition) is 2. The Morgan fingerprint density at radius 1 is 1.69 bits per heavy atom. The van der Waals surface area contributed by atoms with E-state index in [9.17, 15) is 0 Å². The van der Waals surface area contributed by atoms with Crippen LogP contribution >= 0.6 is 0 Å². The summed E-state index contributed by atoms with van der Waals surface area (Å²) in [6.45, 7) is 1.61. The van der Waals surface area contributed by atoms with Gasteiger partial charge in [-0.3, -0.25) is 0 Å². The van der Waals surface area contributed by atoms with E-state index in [1.54, 1.807) is 6.21 Å². The highest BCUT2D eigenvalue weighted by Crippen LogP contribution is 2.02. The number of hydrazone groups is 1. The summed E-state index contributed by atoms with van der Waals surface area (Å²) in [6.07, 6.45) is 4.69. The molecule has 2 heterocycles. The molecule has 0 amide bonds. The monoisotopic (exact) mass is 179 g/mol. The van der Waals surface area contributed by atoms with Gasteiger partial charge in [0.25, 0.3) is 0 Å². The van der Waals surface area contributed by atoms with Crippen LogP contribution in [0.3, 0.4) is 0 Å². The first-order valence-electron chi connectivity index (χ1n) is 4.45. The molecule has 13 heavy (non-hydrogen) atoms. The molecule has 70 valence electrons. The van der Waals surface area contributed by atoms with Crippen molar-refractivity contribution in [1.82, 2.24) is 10.4 Å². The highest BCUT2D eigenvalue weighted by molar-refractivity contribution is 5.76. The Bertz CT molecular complexity index is 262. The van der Waals surface area contributed by atoms with Gasteiger partial charge in [-0.2, -0.15) is 5.10 Å². The van der Waals surface area contributed by atoms with E-state index >= 15 is 0 Å². The summed E-state index contributed by atoms with van der Waals surface area (Å²) in [6, 6.07) is 4.29. The van der Waals surface area contributed by atoms with E-state index in [4.69, 9.17) is 4.74 Å². The summed E-state index contributed by atoms with van der Waals surface area (Å²) >= 11 is 0. The number of rotatable bonds is 3. The molecule has 1 fully saturated rings. The minimum absolute atomic E-state index is 0.381. The van der Waals surface area contributed by atoms with Crippen molar-refractivity contribution in [1.29, 1.82) is 0 Å². The Labute approximate surface area is 77.0 Å². The zero-order valence-electron chi connectivity index (χ0n) is 7.36. The molecular weight excluding hydrogens is 166 g/mol. The van der Waals surface area contributed by atoms with Crippen molar-refractivity contribution in [2.45, 2.75) is 12.5 Å². The summed E-state index contributed by atoms with van der Waals surface area (Å²) in [5.74, 6) is 0. The quantitative estimate of drug-likeness (QED) is 0.530. The molecule has 2 N–H and O–H groups in total. The standard InChI is InChI=1S/C9H13N3O/c1-2-8(10-4-1)6-11-12-9-3-5-13-7-9/h1-2,4,6,9-10,12H,3,5,7H2/b11-6+. The van der Waals surface area contributed by atoms with Crippen LogP contribution in [0.1, 0.15) is 12.1 Å². The van der Waals surface area contributed by atoms with Crippen molar-refractivity contribution >= 4 is 6.21 Å². The van der Waals surface area contributed by atoms with Gasteiger partial charge in [-0.1, -0.05) is 0 Å². The summed E-state index contributed by atoms with van der Waals surface area (Å²) in [5, 5.41) is 4.11. The van der Waals surface area contributed by atoms with Gasteiger partial charge in [0.05, 0.1) is 24.6 Å². The Kier molecular flexibility index (Phi) is 2.62. The fraction of sp³-hybridized carbons (Fsp3) is 0.444. The van der Waals surface area contributed by atoms with Gasteiger partial charge in [0.15, 0.2) is 0 Å². The average molecular weight is 179 g/mol. The molecule has 0 aliphatic carbocycles. The Balaban J connectivity index is 1.78. The molecule has 1 atom stereocenters. The lowest BCUT2D eigenvalue weighted by atomic mass is 10.3. The van der Waals surface area contributed by atoms with Gasteiger partial charge in [0, 0.05) is 12.8 Å². The van der Waals surface area contributed by atoms with Gasteiger partial charge in [0.2, 0.25) is 0 Å². The lowest BCUT2D eigenvalue weighted by Crippen LogP contribution is -2.24. The van der Waals surface area contributed by atoms with Crippen LogP contribution in [-0.2, 0) is 4.74 Å². The molecular formula is C9H13N3O. The summed E-state index contributed by atoms with van der Waals surface area (Å²) in [4.78, 5) is 3.04. The van der Waals surface area contributed by atoms with Crippen LogP contribution in [0.25, 0.3) is 0 Å². The molecule has 1 unspecified atom stereocenters. The lowest BCUT2D eigenvalue weighted by Gasteiger charge is -2.04. The topological polar surface area (TPSA) is 49.4 Å². The lowest BCUT2D eigenvalue weighted by molar-refractivity contribution is 0.190. The van der Waals surface area contributed by atoms with E-state index in [1.165, 1.54) is 0 Å². The second-order valence-electron chi connectivity index (χ2n) is 3.07. The molecule has 0 spiro atoms. The molecule has 4 heteroatoms. The third-order valence-electron chi connectivity index (χ3n) is 2.01. The van der Waals surface area contributed by atoms with Crippen molar-refractivity contribution in [3.8, 4) is 0 Å². The highest BCUT2D eigenvalue weighted by atomic mass is 16.5. The fourth-order valence-corrected chi connectivity index (χ4v) is 1.27. The smallest absolute Gasteiger partial charge is 0.0703 e. The summed E-state index contributed by atoms with van der Waals surface area (Å²) in [5.41, 5.74) is 4.05. The van der Waals surface area contributed by atoms with Crippen molar-refractivity contribution in [2.24, 2.45) is 5.10 Å². The van der Waals surface area contributed by atoms with Gasteiger partial charge in [-0.25, -0.2) is 0 Å². The second kappa shape index (κ2) is 4.09. The second-order valence-corrected chi connectivity index (χ2v) is 3.07. The minimum Gasteiger partial charge on any atom is -0.379 e. The molecule has 0 saturated carbocycles. The number of nitrogens with zero attached hydrogens (tertiary/aromatic N) is 1. The Morgan fingerprint density at radius 3 is 3.38 bits per heavy atom. The minimum atomic E-state index is 0.381. The van der Waals surface area contributed by atoms with E-state index in [0.29, 0.717) is 6.04 Å². The van der Waals surface area contributed by atoms with Gasteiger partial charge < -0.3 is 15.1 Å². The fourth-order valence-electron chi connectivity index (χ4n) is 1.27. The first kappa shape index (κ1) is 8.31.